The van der Waals surface area contributed by atoms with Gasteiger partial charge in [-0.05, 0) is 36.4 Å². The number of nitrogen functional groups attached to an aromatic ring is 1. The highest BCUT2D eigenvalue weighted by Crippen LogP contribution is 2.18. The highest BCUT2D eigenvalue weighted by atomic mass is 16.6. The molecule has 0 radical (unpaired) electrons. The molecule has 0 atom stereocenters. The number of imidazole rings is 3. The zero-order valence-corrected chi connectivity index (χ0v) is 50.7. The molecule has 32 nitrogen and oxygen atoms in total. The van der Waals surface area contributed by atoms with Gasteiger partial charge in [-0.2, -0.15) is 0 Å². The van der Waals surface area contributed by atoms with E-state index in [2.05, 4.69) is 52.2 Å². The van der Waals surface area contributed by atoms with Crippen molar-refractivity contribution < 1.29 is 76.2 Å². The van der Waals surface area contributed by atoms with E-state index >= 15 is 0 Å². The Morgan fingerprint density at radius 2 is 0.798 bits per heavy atom. The van der Waals surface area contributed by atoms with Crippen molar-refractivity contribution in [2.75, 3.05) is 159 Å². The summed E-state index contributed by atoms with van der Waals surface area (Å²) in [5, 5.41) is 18.7. The van der Waals surface area contributed by atoms with Gasteiger partial charge >= 0.3 is 0 Å². The fourth-order valence-corrected chi connectivity index (χ4v) is 8.06. The van der Waals surface area contributed by atoms with Crippen LogP contribution in [0.4, 0.5) is 28.7 Å². The van der Waals surface area contributed by atoms with Gasteiger partial charge in [-0.1, -0.05) is 0 Å². The van der Waals surface area contributed by atoms with Crippen LogP contribution in [0.1, 0.15) is 65.7 Å². The van der Waals surface area contributed by atoms with E-state index in [0.29, 0.717) is 117 Å². The number of rotatable bonds is 43. The van der Waals surface area contributed by atoms with Crippen molar-refractivity contribution in [2.45, 2.75) is 12.8 Å². The van der Waals surface area contributed by atoms with Crippen molar-refractivity contribution in [2.24, 2.45) is 35.2 Å². The predicted molar refractivity (Wildman–Crippen MR) is 323 cm³/mol. The molecule has 484 valence electrons. The summed E-state index contributed by atoms with van der Waals surface area (Å²) < 4.78 is 57.1. The van der Waals surface area contributed by atoms with Gasteiger partial charge in [0.1, 0.15) is 23.7 Å². The first-order valence-electron chi connectivity index (χ1n) is 28.6. The summed E-state index contributed by atoms with van der Waals surface area (Å²) in [6, 6.07) is 10.2. The molecule has 0 aliphatic rings. The molecule has 0 bridgehead atoms. The number of nitrogens with two attached hydrogens (primary N) is 1. The molecule has 6 rings (SSSR count). The van der Waals surface area contributed by atoms with Gasteiger partial charge in [0.15, 0.2) is 17.5 Å². The van der Waals surface area contributed by atoms with Crippen molar-refractivity contribution in [1.82, 2.24) is 53.7 Å². The maximum absolute atomic E-state index is 13.2. The molecule has 5 heterocycles. The van der Waals surface area contributed by atoms with E-state index in [1.165, 1.54) is 55.2 Å². The smallest absolute Gasteiger partial charge is 0.291 e. The third-order valence-corrected chi connectivity index (χ3v) is 12.5. The predicted octanol–water partition coefficient (Wildman–Crippen LogP) is 1.11. The Morgan fingerprint density at radius 3 is 1.21 bits per heavy atom. The van der Waals surface area contributed by atoms with Gasteiger partial charge in [0.2, 0.25) is 23.5 Å². The van der Waals surface area contributed by atoms with Crippen LogP contribution in [-0.4, -0.2) is 211 Å². The highest BCUT2D eigenvalue weighted by molar-refractivity contribution is 6.04. The second-order valence-electron chi connectivity index (χ2n) is 19.5. The lowest BCUT2D eigenvalue weighted by molar-refractivity contribution is -0.116. The standard InChI is InChI=1S/C57H80N16O16/c1-69-16-14-59-50(69)56(79)63-41-34-44(70(2)36-41)53(76)60-13-11-49(75)66-47-39-73(5)52(68-47)57(80)64-42-35-45(71(3)37-42)54(77)61-12-10-48(74)65-46-38-72(4)51(67-46)55(78)62-15-17-81-18-19-82-20-21-83-22-23-84-24-25-85-26-27-86-28-29-87-30-31-88-32-33-89-43-8-6-40(58)7-9-43/h6-9,14,16,34-39H,10-13,15,17-33,58H2,1-5H3,(H,60,76)(H,61,77)(H,62,78)(H,63,79)(H,64,80)(H,65,74)(H,66,75). The number of amides is 7. The zero-order valence-electron chi connectivity index (χ0n) is 50.7. The molecule has 9 N–H and O–H groups in total. The summed E-state index contributed by atoms with van der Waals surface area (Å²) in [5.41, 5.74) is 7.45. The maximum atomic E-state index is 13.2. The number of carbonyl (C=O) groups is 7. The third kappa shape index (κ3) is 24.6. The number of aromatic nitrogens is 8. The van der Waals surface area contributed by atoms with Crippen LogP contribution >= 0.6 is 0 Å². The first-order chi connectivity index (χ1) is 43.0. The van der Waals surface area contributed by atoms with E-state index in [9.17, 15) is 33.6 Å². The zero-order chi connectivity index (χ0) is 63.8. The van der Waals surface area contributed by atoms with Crippen LogP contribution in [-0.2, 0) is 82.7 Å². The molecular weight excluding hydrogens is 1160 g/mol. The molecule has 0 fully saturated rings. The number of hydrogen-bond acceptors (Lipinski definition) is 20. The fraction of sp³-hybridized carbons (Fsp3) is 0.474. The largest absolute Gasteiger partial charge is 0.491 e. The maximum Gasteiger partial charge on any atom is 0.291 e. The number of carbonyl (C=O) groups excluding carboxylic acids is 7. The lowest BCUT2D eigenvalue weighted by Crippen LogP contribution is -2.30. The van der Waals surface area contributed by atoms with Crippen LogP contribution in [0, 0.1) is 0 Å². The van der Waals surface area contributed by atoms with Crippen LogP contribution in [0.3, 0.4) is 0 Å². The Bertz CT molecular complexity index is 3210. The minimum Gasteiger partial charge on any atom is -0.491 e. The first kappa shape index (κ1) is 69.1. The van der Waals surface area contributed by atoms with Crippen LogP contribution in [0.15, 0.2) is 73.6 Å². The highest BCUT2D eigenvalue weighted by Gasteiger charge is 2.21. The number of ether oxygens (including phenoxy) is 9. The van der Waals surface area contributed by atoms with Crippen LogP contribution in [0.2, 0.25) is 0 Å². The van der Waals surface area contributed by atoms with Gasteiger partial charge in [0, 0.05) is 111 Å². The van der Waals surface area contributed by atoms with Gasteiger partial charge in [0.25, 0.3) is 29.5 Å². The Kier molecular flexibility index (Phi) is 29.2. The lowest BCUT2D eigenvalue weighted by atomic mass is 10.3. The molecule has 0 aliphatic carbocycles. The quantitative estimate of drug-likeness (QED) is 0.0196. The van der Waals surface area contributed by atoms with Crippen molar-refractivity contribution in [3.63, 3.8) is 0 Å². The Morgan fingerprint density at radius 1 is 0.416 bits per heavy atom. The van der Waals surface area contributed by atoms with Crippen molar-refractivity contribution in [3.8, 4) is 5.75 Å². The summed E-state index contributed by atoms with van der Waals surface area (Å²) in [7, 11) is 8.11. The number of benzene rings is 1. The summed E-state index contributed by atoms with van der Waals surface area (Å²) in [6.07, 6.45) is 8.94. The molecule has 7 amide bonds. The topological polar surface area (TPSA) is 376 Å². The summed E-state index contributed by atoms with van der Waals surface area (Å²) in [4.78, 5) is 103. The Balaban J connectivity index is 0.723. The molecule has 89 heavy (non-hydrogen) atoms. The summed E-state index contributed by atoms with van der Waals surface area (Å²) >= 11 is 0. The van der Waals surface area contributed by atoms with Crippen LogP contribution in [0.25, 0.3) is 0 Å². The van der Waals surface area contributed by atoms with Crippen LogP contribution < -0.4 is 47.7 Å². The van der Waals surface area contributed by atoms with E-state index < -0.39 is 41.4 Å². The molecule has 5 aromatic heterocycles. The molecule has 0 aliphatic heterocycles. The van der Waals surface area contributed by atoms with Crippen molar-refractivity contribution in [1.29, 1.82) is 0 Å². The van der Waals surface area contributed by atoms with E-state index in [1.807, 2.05) is 12.1 Å². The molecule has 6 aromatic rings. The minimum atomic E-state index is -0.627. The lowest BCUT2D eigenvalue weighted by Gasteiger charge is -2.09. The second kappa shape index (κ2) is 37.6. The average Bonchev–Trinajstić information content (AvgIpc) is 3.83. The van der Waals surface area contributed by atoms with E-state index in [1.54, 1.807) is 64.3 Å². The fourth-order valence-electron chi connectivity index (χ4n) is 8.06. The first-order valence-corrected chi connectivity index (χ1v) is 28.6. The number of aryl methyl sites for hydroxylation is 5. The molecule has 0 unspecified atom stereocenters. The van der Waals surface area contributed by atoms with E-state index in [0.717, 1.165) is 5.75 Å². The van der Waals surface area contributed by atoms with Gasteiger partial charge in [-0.3, -0.25) is 33.6 Å². The number of anilines is 5. The van der Waals surface area contributed by atoms with Gasteiger partial charge in [-0.25, -0.2) is 15.0 Å². The van der Waals surface area contributed by atoms with Gasteiger partial charge < -0.3 is 108 Å². The van der Waals surface area contributed by atoms with Crippen molar-refractivity contribution in [3.05, 3.63) is 102 Å². The number of hydrogen-bond donors (Lipinski definition) is 8. The average molecular weight is 1250 g/mol. The Labute approximate surface area is 513 Å². The molecule has 0 spiro atoms. The normalized spacial score (nSPS) is 11.1. The van der Waals surface area contributed by atoms with E-state index in [-0.39, 0.29) is 85.3 Å². The van der Waals surface area contributed by atoms with Crippen LogP contribution in [0.5, 0.6) is 5.75 Å². The van der Waals surface area contributed by atoms with Gasteiger partial charge in [-0.15, -0.1) is 0 Å². The summed E-state index contributed by atoms with van der Waals surface area (Å²) in [6.45, 7) is 7.21. The van der Waals surface area contributed by atoms with E-state index in [4.69, 9.17) is 48.4 Å². The van der Waals surface area contributed by atoms with Crippen molar-refractivity contribution >= 4 is 70.0 Å². The second-order valence-corrected chi connectivity index (χ2v) is 19.5. The van der Waals surface area contributed by atoms with Gasteiger partial charge in [0.05, 0.1) is 117 Å². The minimum absolute atomic E-state index is 0.0206. The molecular formula is C57H80N16O16. The monoisotopic (exact) mass is 1240 g/mol. The Hall–Kier alpha value is -9.02. The summed E-state index contributed by atoms with van der Waals surface area (Å²) in [5.74, 6) is -2.26. The number of nitrogens with one attached hydrogen (secondary N) is 7. The molecule has 0 saturated heterocycles. The molecule has 1 aromatic carbocycles. The molecule has 0 saturated carbocycles. The SMILES string of the molecule is Cn1cc(NC(=O)c2nc(NC(=O)CCNC(=O)c3cc(NC(=O)c4nccn4C)cn3C)cn2C)cc1C(=O)NCCC(=O)Nc1cn(C)c(C(=O)NCCOCCOCCOCCOCCOCCOCCOCCOCCOc2ccc(N)cc2)n1. The number of nitrogens with zero attached hydrogens (tertiary/aromatic N) is 8. The molecule has 32 heteroatoms. The third-order valence-electron chi connectivity index (χ3n) is 12.5.